The average Bonchev–Trinajstić information content (AvgIpc) is 2.77. The second-order valence-corrected chi connectivity index (χ2v) is 9.42. The van der Waals surface area contributed by atoms with E-state index in [9.17, 15) is 9.59 Å². The predicted octanol–water partition coefficient (Wildman–Crippen LogP) is 2.71. The Balaban J connectivity index is 2.24. The number of alkyl carbamates (subject to hydrolysis) is 1. The molecule has 3 aromatic carbocycles. The highest BCUT2D eigenvalue weighted by atomic mass is 31.2. The summed E-state index contributed by atoms with van der Waals surface area (Å²) in [5, 5.41) is 5.73. The SMILES string of the molecule is COC(=O)NCC(=O)C=P(c1ccccc1)(c1ccccc1)c1ccccc1. The first-order valence-electron chi connectivity index (χ1n) is 8.93. The van der Waals surface area contributed by atoms with Gasteiger partial charge in [-0.25, -0.2) is 4.79 Å². The van der Waals surface area contributed by atoms with Crippen LogP contribution in [0.4, 0.5) is 4.79 Å². The molecule has 1 N–H and O–H groups in total. The summed E-state index contributed by atoms with van der Waals surface area (Å²) in [6.07, 6.45) is -0.621. The Morgan fingerprint density at radius 2 is 1.18 bits per heavy atom. The fourth-order valence-electron chi connectivity index (χ4n) is 3.15. The molecule has 0 heterocycles. The summed E-state index contributed by atoms with van der Waals surface area (Å²) in [4.78, 5) is 24.3. The number of ether oxygens (including phenoxy) is 1. The normalized spacial score (nSPS) is 10.8. The quantitative estimate of drug-likeness (QED) is 0.658. The zero-order chi connectivity index (χ0) is 19.8. The predicted molar refractivity (Wildman–Crippen MR) is 117 cm³/mol. The van der Waals surface area contributed by atoms with Crippen LogP contribution >= 0.6 is 6.89 Å². The Bertz CT molecular complexity index is 883. The van der Waals surface area contributed by atoms with Gasteiger partial charge >= 0.3 is 6.09 Å². The Morgan fingerprint density at radius 3 is 1.54 bits per heavy atom. The number of ketones is 1. The molecule has 28 heavy (non-hydrogen) atoms. The molecule has 0 spiro atoms. The Labute approximate surface area is 165 Å². The van der Waals surface area contributed by atoms with Crippen LogP contribution in [-0.4, -0.2) is 31.3 Å². The van der Waals surface area contributed by atoms with Gasteiger partial charge in [-0.2, -0.15) is 0 Å². The molecule has 1 amide bonds. The van der Waals surface area contributed by atoms with Crippen molar-refractivity contribution < 1.29 is 14.3 Å². The van der Waals surface area contributed by atoms with Crippen molar-refractivity contribution in [3.63, 3.8) is 0 Å². The van der Waals surface area contributed by atoms with Crippen LogP contribution in [0.1, 0.15) is 0 Å². The van der Waals surface area contributed by atoms with Crippen molar-refractivity contribution in [3.8, 4) is 0 Å². The molecule has 3 rings (SSSR count). The third-order valence-corrected chi connectivity index (χ3v) is 8.43. The number of rotatable bonds is 6. The molecule has 0 aromatic heterocycles. The van der Waals surface area contributed by atoms with Gasteiger partial charge in [-0.3, -0.25) is 4.79 Å². The molecule has 0 aliphatic heterocycles. The van der Waals surface area contributed by atoms with Crippen molar-refractivity contribution in [2.24, 2.45) is 0 Å². The first-order valence-corrected chi connectivity index (χ1v) is 10.8. The second-order valence-electron chi connectivity index (χ2n) is 6.17. The van der Waals surface area contributed by atoms with Crippen LogP contribution in [0.15, 0.2) is 91.0 Å². The summed E-state index contributed by atoms with van der Waals surface area (Å²) in [6.45, 7) is -2.45. The zero-order valence-corrected chi connectivity index (χ0v) is 16.5. The van der Waals surface area contributed by atoms with Crippen LogP contribution in [0.5, 0.6) is 0 Å². The lowest BCUT2D eigenvalue weighted by atomic mass is 10.4. The van der Waals surface area contributed by atoms with E-state index in [0.717, 1.165) is 15.9 Å². The minimum absolute atomic E-state index is 0.110. The van der Waals surface area contributed by atoms with E-state index in [1.807, 2.05) is 54.6 Å². The zero-order valence-electron chi connectivity index (χ0n) is 15.6. The summed E-state index contributed by atoms with van der Waals surface area (Å²) in [7, 11) is 1.28. The van der Waals surface area contributed by atoms with Crippen molar-refractivity contribution in [2.75, 3.05) is 13.7 Å². The summed E-state index contributed by atoms with van der Waals surface area (Å²) in [5.74, 6) is 1.64. The smallest absolute Gasteiger partial charge is 0.407 e. The highest BCUT2D eigenvalue weighted by Crippen LogP contribution is 2.43. The lowest BCUT2D eigenvalue weighted by Crippen LogP contribution is -2.33. The van der Waals surface area contributed by atoms with E-state index in [4.69, 9.17) is 0 Å². The van der Waals surface area contributed by atoms with E-state index in [2.05, 4.69) is 46.5 Å². The van der Waals surface area contributed by atoms with Crippen molar-refractivity contribution in [2.45, 2.75) is 0 Å². The van der Waals surface area contributed by atoms with Crippen LogP contribution < -0.4 is 21.2 Å². The van der Waals surface area contributed by atoms with Gasteiger partial charge in [0.15, 0.2) is 5.78 Å². The molecule has 0 aliphatic carbocycles. The third-order valence-electron chi connectivity index (χ3n) is 4.42. The van der Waals surface area contributed by atoms with E-state index in [1.165, 1.54) is 7.11 Å². The molecular weight excluding hydrogens is 369 g/mol. The summed E-state index contributed by atoms with van der Waals surface area (Å²) in [5.41, 5.74) is 0. The molecule has 0 radical (unpaired) electrons. The van der Waals surface area contributed by atoms with Gasteiger partial charge in [0.05, 0.1) is 13.7 Å². The number of carbonyl (C=O) groups is 2. The van der Waals surface area contributed by atoms with Gasteiger partial charge in [0.25, 0.3) is 0 Å². The van der Waals surface area contributed by atoms with Crippen molar-refractivity contribution in [1.82, 2.24) is 5.32 Å². The summed E-state index contributed by atoms with van der Waals surface area (Å²) < 4.78 is 4.58. The van der Waals surface area contributed by atoms with E-state index >= 15 is 0 Å². The summed E-state index contributed by atoms with van der Waals surface area (Å²) in [6, 6.07) is 30.2. The highest BCUT2D eigenvalue weighted by Gasteiger charge is 2.26. The van der Waals surface area contributed by atoms with Gasteiger partial charge in [0.2, 0.25) is 0 Å². The maximum Gasteiger partial charge on any atom is 0.407 e. The van der Waals surface area contributed by atoms with Crippen LogP contribution in [-0.2, 0) is 9.53 Å². The van der Waals surface area contributed by atoms with Crippen molar-refractivity contribution >= 4 is 40.5 Å². The number of nitrogens with one attached hydrogen (secondary N) is 1. The number of hydrogen-bond acceptors (Lipinski definition) is 3. The van der Waals surface area contributed by atoms with Gasteiger partial charge < -0.3 is 10.1 Å². The Morgan fingerprint density at radius 1 is 0.786 bits per heavy atom. The van der Waals surface area contributed by atoms with Crippen LogP contribution in [0.2, 0.25) is 0 Å². The minimum atomic E-state index is -2.34. The molecule has 0 saturated heterocycles. The Hall–Kier alpha value is -3.10. The van der Waals surface area contributed by atoms with Gasteiger partial charge in [-0.05, 0) is 28.6 Å². The number of amides is 1. The van der Waals surface area contributed by atoms with Crippen molar-refractivity contribution in [3.05, 3.63) is 91.0 Å². The summed E-state index contributed by atoms with van der Waals surface area (Å²) >= 11 is 0. The maximum atomic E-state index is 12.9. The molecule has 142 valence electrons. The monoisotopic (exact) mass is 391 g/mol. The van der Waals surface area contributed by atoms with Crippen LogP contribution in [0.3, 0.4) is 0 Å². The van der Waals surface area contributed by atoms with E-state index in [0.29, 0.717) is 0 Å². The molecule has 0 aliphatic rings. The van der Waals surface area contributed by atoms with E-state index < -0.39 is 13.0 Å². The minimum Gasteiger partial charge on any atom is -0.453 e. The number of carbonyl (C=O) groups excluding carboxylic acids is 2. The van der Waals surface area contributed by atoms with Crippen LogP contribution in [0.25, 0.3) is 0 Å². The fourth-order valence-corrected chi connectivity index (χ4v) is 6.95. The van der Waals surface area contributed by atoms with Gasteiger partial charge in [0, 0.05) is 0 Å². The highest BCUT2D eigenvalue weighted by molar-refractivity contribution is 7.95. The maximum absolute atomic E-state index is 12.9. The molecule has 4 nitrogen and oxygen atoms in total. The lowest BCUT2D eigenvalue weighted by Gasteiger charge is -2.28. The number of hydrogen-bond donors (Lipinski definition) is 1. The molecular formula is C23H22NO3P. The molecule has 0 saturated carbocycles. The molecule has 0 atom stereocenters. The molecule has 0 unspecified atom stereocenters. The first kappa shape index (κ1) is 19.7. The average molecular weight is 391 g/mol. The van der Waals surface area contributed by atoms with E-state index in [1.54, 1.807) is 5.80 Å². The van der Waals surface area contributed by atoms with Gasteiger partial charge in [0.1, 0.15) is 0 Å². The molecule has 5 heteroatoms. The number of Topliss-reactive ketones (excluding diaryl/α,β-unsaturated/α-hetero) is 1. The first-order chi connectivity index (χ1) is 13.7. The van der Waals surface area contributed by atoms with E-state index in [-0.39, 0.29) is 12.3 Å². The number of methoxy groups -OCH3 is 1. The third kappa shape index (κ3) is 4.24. The van der Waals surface area contributed by atoms with Gasteiger partial charge in [-0.15, -0.1) is 0 Å². The molecule has 0 bridgehead atoms. The Kier molecular flexibility index (Phi) is 6.46. The second kappa shape index (κ2) is 9.20. The lowest BCUT2D eigenvalue weighted by molar-refractivity contribution is -0.111. The standard InChI is InChI=1S/C23H22NO3P/c1-27-23(26)24-17-19(25)18-28(20-11-5-2-6-12-20,21-13-7-3-8-14-21)22-15-9-4-10-16-22/h2-16,18H,17H2,1H3,(H,24,26). The van der Waals surface area contributed by atoms with Crippen molar-refractivity contribution in [1.29, 1.82) is 0 Å². The topological polar surface area (TPSA) is 55.4 Å². The number of benzene rings is 3. The molecule has 3 aromatic rings. The fraction of sp³-hybridized carbons (Fsp3) is 0.0870. The van der Waals surface area contributed by atoms with Crippen LogP contribution in [0, 0.1) is 0 Å². The molecule has 0 fully saturated rings. The van der Waals surface area contributed by atoms with Gasteiger partial charge in [-0.1, -0.05) is 91.0 Å². The largest absolute Gasteiger partial charge is 0.453 e.